The lowest BCUT2D eigenvalue weighted by molar-refractivity contribution is 0.0119. The third-order valence-corrected chi connectivity index (χ3v) is 7.15. The molecule has 3 fully saturated rings. The molecule has 3 N–H and O–H groups in total. The summed E-state index contributed by atoms with van der Waals surface area (Å²) in [6.07, 6.45) is 4.37. The molecule has 5 rings (SSSR count). The van der Waals surface area contributed by atoms with Crippen molar-refractivity contribution in [3.05, 3.63) is 35.7 Å². The zero-order valence-corrected chi connectivity index (χ0v) is 20.5. The molecule has 5 heterocycles. The lowest BCUT2D eigenvalue weighted by Crippen LogP contribution is -2.37. The van der Waals surface area contributed by atoms with Gasteiger partial charge in [0.05, 0.1) is 12.6 Å². The first-order chi connectivity index (χ1) is 17.8. The molecule has 2 aromatic rings. The van der Waals surface area contributed by atoms with E-state index in [1.807, 2.05) is 4.90 Å². The monoisotopic (exact) mass is 515 g/mol. The highest BCUT2D eigenvalue weighted by molar-refractivity contribution is 6.03. The molecule has 0 aliphatic carbocycles. The van der Waals surface area contributed by atoms with Gasteiger partial charge in [0.2, 0.25) is 0 Å². The molecule has 12 heteroatoms. The minimum Gasteiger partial charge on any atom is -0.461 e. The number of pyridine rings is 1. The van der Waals surface area contributed by atoms with E-state index in [1.54, 1.807) is 24.4 Å². The van der Waals surface area contributed by atoms with E-state index < -0.39 is 18.4 Å². The first-order valence-electron chi connectivity index (χ1n) is 12.6. The van der Waals surface area contributed by atoms with Gasteiger partial charge in [0.25, 0.3) is 11.8 Å². The predicted molar refractivity (Wildman–Crippen MR) is 132 cm³/mol. The molecule has 3 aliphatic heterocycles. The summed E-state index contributed by atoms with van der Waals surface area (Å²) < 4.78 is 38.9. The van der Waals surface area contributed by atoms with Crippen molar-refractivity contribution < 1.29 is 23.0 Å². The minimum atomic E-state index is -2.89. The van der Waals surface area contributed by atoms with E-state index >= 15 is 0 Å². The lowest BCUT2D eigenvalue weighted by atomic mass is 9.88. The average Bonchev–Trinajstić information content (AvgIpc) is 3.56. The van der Waals surface area contributed by atoms with E-state index in [2.05, 4.69) is 15.0 Å². The summed E-state index contributed by atoms with van der Waals surface area (Å²) in [7, 11) is 0. The van der Waals surface area contributed by atoms with Crippen LogP contribution in [0, 0.1) is 11.3 Å². The maximum absolute atomic E-state index is 13.8. The summed E-state index contributed by atoms with van der Waals surface area (Å²) >= 11 is 0. The molecule has 1 atom stereocenters. The van der Waals surface area contributed by atoms with Crippen molar-refractivity contribution in [2.75, 3.05) is 50.0 Å². The fourth-order valence-electron chi connectivity index (χ4n) is 5.03. The van der Waals surface area contributed by atoms with Crippen LogP contribution in [-0.2, 0) is 4.74 Å². The quantitative estimate of drug-likeness (QED) is 0.539. The number of halogens is 2. The summed E-state index contributed by atoms with van der Waals surface area (Å²) in [5.41, 5.74) is 7.10. The van der Waals surface area contributed by atoms with E-state index in [0.29, 0.717) is 55.4 Å². The van der Waals surface area contributed by atoms with Gasteiger partial charge in [-0.25, -0.2) is 13.8 Å². The van der Waals surface area contributed by atoms with Crippen LogP contribution < -0.4 is 15.4 Å². The van der Waals surface area contributed by atoms with Crippen LogP contribution in [0.3, 0.4) is 0 Å². The van der Waals surface area contributed by atoms with E-state index in [9.17, 15) is 13.6 Å². The summed E-state index contributed by atoms with van der Waals surface area (Å²) in [6.45, 7) is 1.46. The number of nitrogens with one attached hydrogen (secondary N) is 1. The Hall–Kier alpha value is -3.41. The Kier molecular flexibility index (Phi) is 7.18. The number of likely N-dealkylation sites (tertiary alicyclic amines) is 1. The Morgan fingerprint density at radius 1 is 1.24 bits per heavy atom. The van der Waals surface area contributed by atoms with Crippen molar-refractivity contribution in [2.24, 2.45) is 5.92 Å². The Bertz CT molecular complexity index is 1150. The number of aromatic nitrogens is 3. The van der Waals surface area contributed by atoms with Crippen LogP contribution in [0.4, 0.5) is 20.4 Å². The van der Waals surface area contributed by atoms with E-state index in [1.165, 1.54) is 0 Å². The van der Waals surface area contributed by atoms with E-state index in [-0.39, 0.29) is 43.3 Å². The standard InChI is InChI=1S/C25H31F2N7O3/c26-25(27)7-11-34(15-25)23(35)19-13-20(32-24(31-19)37-14-17-3-2-12-36-17)33-9-5-16(6-10-33)21(28)18-4-1-8-30-22(18)29/h1,4,8,13,16-17,28H,2-3,5-7,9-12,14-15H2,(H2,29,30)/t17-/m1/s1. The van der Waals surface area contributed by atoms with Crippen molar-refractivity contribution in [3.8, 4) is 6.01 Å². The number of nitrogens with zero attached hydrogens (tertiary/aromatic N) is 5. The number of nitrogens with two attached hydrogens (primary N) is 1. The molecule has 37 heavy (non-hydrogen) atoms. The summed E-state index contributed by atoms with van der Waals surface area (Å²) in [6, 6.07) is 5.14. The van der Waals surface area contributed by atoms with Crippen LogP contribution in [-0.4, -0.2) is 82.9 Å². The Morgan fingerprint density at radius 2 is 2.05 bits per heavy atom. The van der Waals surface area contributed by atoms with Crippen molar-refractivity contribution in [1.82, 2.24) is 19.9 Å². The van der Waals surface area contributed by atoms with Gasteiger partial charge in [0.1, 0.15) is 23.9 Å². The van der Waals surface area contributed by atoms with Crippen LogP contribution in [0.5, 0.6) is 6.01 Å². The smallest absolute Gasteiger partial charge is 0.319 e. The Labute approximate surface area is 213 Å². The van der Waals surface area contributed by atoms with Gasteiger partial charge in [-0.2, -0.15) is 9.97 Å². The van der Waals surface area contributed by atoms with Crippen LogP contribution in [0.1, 0.15) is 48.2 Å². The molecule has 0 bridgehead atoms. The first kappa shape index (κ1) is 25.2. The number of carbonyl (C=O) groups excluding carboxylic acids is 1. The number of alkyl halides is 2. The number of rotatable bonds is 7. The summed E-state index contributed by atoms with van der Waals surface area (Å²) in [5, 5.41) is 8.62. The molecule has 0 unspecified atom stereocenters. The van der Waals surface area contributed by atoms with Crippen molar-refractivity contribution in [2.45, 2.75) is 44.1 Å². The van der Waals surface area contributed by atoms with Gasteiger partial charge < -0.3 is 30.4 Å². The molecule has 10 nitrogen and oxygen atoms in total. The number of hydrogen-bond donors (Lipinski definition) is 2. The maximum atomic E-state index is 13.8. The van der Waals surface area contributed by atoms with Crippen molar-refractivity contribution in [3.63, 3.8) is 0 Å². The fourth-order valence-corrected chi connectivity index (χ4v) is 5.03. The normalized spacial score (nSPS) is 21.8. The zero-order valence-electron chi connectivity index (χ0n) is 20.5. The van der Waals surface area contributed by atoms with Crippen LogP contribution in [0.2, 0.25) is 0 Å². The Balaban J connectivity index is 1.32. The number of piperidine rings is 1. The Morgan fingerprint density at radius 3 is 2.73 bits per heavy atom. The zero-order chi connectivity index (χ0) is 26.0. The predicted octanol–water partition coefficient (Wildman–Crippen LogP) is 2.78. The maximum Gasteiger partial charge on any atom is 0.319 e. The average molecular weight is 516 g/mol. The van der Waals surface area contributed by atoms with Crippen molar-refractivity contribution >= 4 is 23.3 Å². The SMILES string of the molecule is N=C(c1cccnc1N)C1CCN(c2cc(C(=O)N3CCC(F)(F)C3)nc(OC[C@H]3CCCO3)n2)CC1. The number of anilines is 2. The molecule has 3 saturated heterocycles. The third kappa shape index (κ3) is 5.79. The molecule has 1 amide bonds. The first-order valence-corrected chi connectivity index (χ1v) is 12.6. The highest BCUT2D eigenvalue weighted by Gasteiger charge is 2.41. The summed E-state index contributed by atoms with van der Waals surface area (Å²) in [4.78, 5) is 29.1. The molecule has 198 valence electrons. The number of nitrogen functional groups attached to an aromatic ring is 1. The third-order valence-electron chi connectivity index (χ3n) is 7.15. The molecule has 0 saturated carbocycles. The van der Waals surface area contributed by atoms with Gasteiger partial charge in [0.15, 0.2) is 0 Å². The van der Waals surface area contributed by atoms with Gasteiger partial charge in [-0.3, -0.25) is 4.79 Å². The second kappa shape index (κ2) is 10.5. The number of ether oxygens (including phenoxy) is 2. The van der Waals surface area contributed by atoms with Gasteiger partial charge in [-0.05, 0) is 37.8 Å². The molecule has 0 radical (unpaired) electrons. The highest BCUT2D eigenvalue weighted by atomic mass is 19.3. The van der Waals surface area contributed by atoms with Gasteiger partial charge in [-0.15, -0.1) is 0 Å². The fraction of sp³-hybridized carbons (Fsp3) is 0.560. The van der Waals surface area contributed by atoms with Gasteiger partial charge >= 0.3 is 6.01 Å². The van der Waals surface area contributed by atoms with Crippen molar-refractivity contribution in [1.29, 1.82) is 5.41 Å². The molecule has 0 spiro atoms. The van der Waals surface area contributed by atoms with Gasteiger partial charge in [-0.1, -0.05) is 0 Å². The summed E-state index contributed by atoms with van der Waals surface area (Å²) in [5.74, 6) is -2.61. The second-order valence-electron chi connectivity index (χ2n) is 9.78. The molecular formula is C25H31F2N7O3. The topological polar surface area (TPSA) is 131 Å². The van der Waals surface area contributed by atoms with Gasteiger partial charge in [0, 0.05) is 62.1 Å². The van der Waals surface area contributed by atoms with Crippen LogP contribution >= 0.6 is 0 Å². The number of amides is 1. The number of carbonyl (C=O) groups is 1. The van der Waals surface area contributed by atoms with E-state index in [4.69, 9.17) is 20.6 Å². The minimum absolute atomic E-state index is 0.00718. The highest BCUT2D eigenvalue weighted by Crippen LogP contribution is 2.30. The van der Waals surface area contributed by atoms with Crippen LogP contribution in [0.25, 0.3) is 0 Å². The molecular weight excluding hydrogens is 484 g/mol. The van der Waals surface area contributed by atoms with E-state index in [0.717, 1.165) is 17.7 Å². The second-order valence-corrected chi connectivity index (χ2v) is 9.78. The molecule has 0 aromatic carbocycles. The lowest BCUT2D eigenvalue weighted by Gasteiger charge is -2.33. The molecule has 3 aliphatic rings. The van der Waals surface area contributed by atoms with Crippen LogP contribution in [0.15, 0.2) is 24.4 Å². The molecule has 2 aromatic heterocycles. The largest absolute Gasteiger partial charge is 0.461 e. The number of hydrogen-bond acceptors (Lipinski definition) is 9.